The predicted molar refractivity (Wildman–Crippen MR) is 51.3 cm³/mol. The Morgan fingerprint density at radius 3 is 2.71 bits per heavy atom. The maximum atomic E-state index is 12.4. The second-order valence-electron chi connectivity index (χ2n) is 3.81. The van der Waals surface area contributed by atoms with E-state index in [1.165, 1.54) is 6.92 Å². The second kappa shape index (κ2) is 4.00. The van der Waals surface area contributed by atoms with Gasteiger partial charge in [0, 0.05) is 18.3 Å². The van der Waals surface area contributed by atoms with E-state index in [2.05, 4.69) is 4.98 Å². The largest absolute Gasteiger partial charge is 0.320 e. The number of pyridine rings is 1. The molecule has 1 aromatic rings. The van der Waals surface area contributed by atoms with Crippen molar-refractivity contribution in [3.8, 4) is 0 Å². The first-order valence-electron chi connectivity index (χ1n) is 4.40. The quantitative estimate of drug-likeness (QED) is 0.809. The van der Waals surface area contributed by atoms with Crippen molar-refractivity contribution in [2.75, 3.05) is 0 Å². The number of alkyl halides is 2. The van der Waals surface area contributed by atoms with Gasteiger partial charge >= 0.3 is 0 Å². The molecule has 14 heavy (non-hydrogen) atoms. The van der Waals surface area contributed by atoms with E-state index in [-0.39, 0.29) is 6.42 Å². The molecular weight excluding hydrogens is 186 g/mol. The van der Waals surface area contributed by atoms with Gasteiger partial charge in [-0.3, -0.25) is 4.98 Å². The average Bonchev–Trinajstić information content (AvgIpc) is 2.02. The van der Waals surface area contributed by atoms with Crippen molar-refractivity contribution in [2.24, 2.45) is 5.73 Å². The third-order valence-corrected chi connectivity index (χ3v) is 2.03. The van der Waals surface area contributed by atoms with Crippen molar-refractivity contribution in [1.29, 1.82) is 0 Å². The van der Waals surface area contributed by atoms with Gasteiger partial charge in [-0.25, -0.2) is 8.78 Å². The zero-order valence-corrected chi connectivity index (χ0v) is 8.30. The van der Waals surface area contributed by atoms with Crippen LogP contribution in [0.25, 0.3) is 0 Å². The molecule has 0 bridgehead atoms. The van der Waals surface area contributed by atoms with Crippen LogP contribution in [0.4, 0.5) is 8.78 Å². The minimum atomic E-state index is -2.54. The Morgan fingerprint density at radius 1 is 1.57 bits per heavy atom. The summed E-state index contributed by atoms with van der Waals surface area (Å²) in [6, 6.07) is 3.59. The van der Waals surface area contributed by atoms with Gasteiger partial charge in [-0.05, 0) is 31.5 Å². The van der Waals surface area contributed by atoms with Gasteiger partial charge in [0.25, 0.3) is 6.43 Å². The van der Waals surface area contributed by atoms with Crippen molar-refractivity contribution in [1.82, 2.24) is 4.98 Å². The summed E-state index contributed by atoms with van der Waals surface area (Å²) in [6.45, 7) is 3.23. The highest BCUT2D eigenvalue weighted by Crippen LogP contribution is 2.17. The maximum Gasteiger partial charge on any atom is 0.256 e. The van der Waals surface area contributed by atoms with Gasteiger partial charge in [0.05, 0.1) is 5.54 Å². The minimum absolute atomic E-state index is 0.0896. The van der Waals surface area contributed by atoms with Gasteiger partial charge in [-0.2, -0.15) is 0 Å². The Labute approximate surface area is 82.1 Å². The van der Waals surface area contributed by atoms with E-state index in [0.29, 0.717) is 5.69 Å². The molecule has 4 heteroatoms. The normalized spacial score (nSPS) is 15.6. The molecule has 0 aliphatic heterocycles. The molecule has 0 aromatic carbocycles. The van der Waals surface area contributed by atoms with Crippen LogP contribution in [0.15, 0.2) is 18.3 Å². The molecule has 1 atom stereocenters. The van der Waals surface area contributed by atoms with Crippen molar-refractivity contribution < 1.29 is 8.78 Å². The average molecular weight is 200 g/mol. The van der Waals surface area contributed by atoms with E-state index in [4.69, 9.17) is 5.73 Å². The molecule has 0 aliphatic rings. The second-order valence-corrected chi connectivity index (χ2v) is 3.81. The zero-order chi connectivity index (χ0) is 10.8. The number of hydrogen-bond donors (Lipinski definition) is 1. The fourth-order valence-electron chi connectivity index (χ4n) is 1.16. The van der Waals surface area contributed by atoms with Crippen LogP contribution in [0.1, 0.15) is 18.2 Å². The van der Waals surface area contributed by atoms with Crippen LogP contribution in [0, 0.1) is 6.92 Å². The van der Waals surface area contributed by atoms with Crippen LogP contribution in [0.5, 0.6) is 0 Å². The van der Waals surface area contributed by atoms with Gasteiger partial charge in [-0.1, -0.05) is 0 Å². The number of aryl methyl sites for hydroxylation is 1. The number of aromatic nitrogens is 1. The van der Waals surface area contributed by atoms with E-state index in [9.17, 15) is 8.78 Å². The van der Waals surface area contributed by atoms with E-state index in [1.807, 2.05) is 13.0 Å². The molecule has 0 saturated heterocycles. The maximum absolute atomic E-state index is 12.4. The van der Waals surface area contributed by atoms with E-state index in [0.717, 1.165) is 5.56 Å². The van der Waals surface area contributed by atoms with Gasteiger partial charge in [-0.15, -0.1) is 0 Å². The van der Waals surface area contributed by atoms with Crippen LogP contribution < -0.4 is 5.73 Å². The zero-order valence-electron chi connectivity index (χ0n) is 8.30. The molecule has 0 amide bonds. The summed E-state index contributed by atoms with van der Waals surface area (Å²) in [5.41, 5.74) is 5.56. The molecule has 1 aromatic heterocycles. The lowest BCUT2D eigenvalue weighted by molar-refractivity contribution is 0.0634. The molecule has 2 N–H and O–H groups in total. The summed E-state index contributed by atoms with van der Waals surface area (Å²) in [5, 5.41) is 0. The molecule has 0 radical (unpaired) electrons. The molecule has 0 spiro atoms. The fraction of sp³-hybridized carbons (Fsp3) is 0.500. The summed E-state index contributed by atoms with van der Waals surface area (Å²) < 4.78 is 24.9. The number of rotatable bonds is 3. The summed E-state index contributed by atoms with van der Waals surface area (Å²) in [6.07, 6.45) is -0.844. The Morgan fingerprint density at radius 2 is 2.21 bits per heavy atom. The van der Waals surface area contributed by atoms with Gasteiger partial charge in [0.2, 0.25) is 0 Å². The first-order valence-corrected chi connectivity index (χ1v) is 4.40. The van der Waals surface area contributed by atoms with Crippen molar-refractivity contribution >= 4 is 0 Å². The Bertz CT molecular complexity index is 311. The molecule has 1 rings (SSSR count). The van der Waals surface area contributed by atoms with Gasteiger partial charge in [0.15, 0.2) is 0 Å². The highest BCUT2D eigenvalue weighted by atomic mass is 19.3. The van der Waals surface area contributed by atoms with Crippen LogP contribution in [-0.2, 0) is 6.42 Å². The van der Waals surface area contributed by atoms with Crippen LogP contribution >= 0.6 is 0 Å². The summed E-state index contributed by atoms with van der Waals surface area (Å²) in [5.74, 6) is 0. The molecule has 1 heterocycles. The smallest absolute Gasteiger partial charge is 0.256 e. The number of hydrogen-bond acceptors (Lipinski definition) is 2. The molecule has 1 unspecified atom stereocenters. The summed E-state index contributed by atoms with van der Waals surface area (Å²) in [7, 11) is 0. The number of nitrogens with zero attached hydrogens (tertiary/aromatic N) is 1. The predicted octanol–water partition coefficient (Wildman–Crippen LogP) is 1.92. The molecule has 2 nitrogen and oxygen atoms in total. The minimum Gasteiger partial charge on any atom is -0.320 e. The first-order chi connectivity index (χ1) is 6.42. The summed E-state index contributed by atoms with van der Waals surface area (Å²) in [4.78, 5) is 3.99. The first kappa shape index (κ1) is 11.0. The van der Waals surface area contributed by atoms with E-state index < -0.39 is 12.0 Å². The summed E-state index contributed by atoms with van der Waals surface area (Å²) >= 11 is 0. The van der Waals surface area contributed by atoms with Crippen molar-refractivity contribution in [2.45, 2.75) is 32.2 Å². The van der Waals surface area contributed by atoms with Crippen LogP contribution in [0.3, 0.4) is 0 Å². The highest BCUT2D eigenvalue weighted by Gasteiger charge is 2.30. The van der Waals surface area contributed by atoms with E-state index in [1.54, 1.807) is 12.3 Å². The molecule has 0 aliphatic carbocycles. The molecule has 0 fully saturated rings. The Balaban J connectivity index is 2.78. The van der Waals surface area contributed by atoms with Gasteiger partial charge in [0.1, 0.15) is 0 Å². The Hall–Kier alpha value is -1.03. The number of halogens is 2. The van der Waals surface area contributed by atoms with Crippen molar-refractivity contribution in [3.63, 3.8) is 0 Å². The lowest BCUT2D eigenvalue weighted by atomic mass is 9.97. The monoisotopic (exact) mass is 200 g/mol. The lowest BCUT2D eigenvalue weighted by Gasteiger charge is -2.22. The number of nitrogens with two attached hydrogens (primary N) is 1. The third kappa shape index (κ3) is 2.73. The molecule has 78 valence electrons. The standard InChI is InChI=1S/C10H14F2N2/c1-7-3-4-14-8(5-7)6-10(2,13)9(11)12/h3-5,9H,6,13H2,1-2H3. The highest BCUT2D eigenvalue weighted by molar-refractivity contribution is 5.16. The van der Waals surface area contributed by atoms with Crippen LogP contribution in [0.2, 0.25) is 0 Å². The molecule has 0 saturated carbocycles. The molecular formula is C10H14F2N2. The van der Waals surface area contributed by atoms with Gasteiger partial charge < -0.3 is 5.73 Å². The third-order valence-electron chi connectivity index (χ3n) is 2.03. The lowest BCUT2D eigenvalue weighted by Crippen LogP contribution is -2.46. The Kier molecular flexibility index (Phi) is 3.16. The fourth-order valence-corrected chi connectivity index (χ4v) is 1.16. The van der Waals surface area contributed by atoms with Crippen molar-refractivity contribution in [3.05, 3.63) is 29.6 Å². The topological polar surface area (TPSA) is 38.9 Å². The SMILES string of the molecule is Cc1ccnc(CC(C)(N)C(F)F)c1. The van der Waals surface area contributed by atoms with E-state index >= 15 is 0 Å². The van der Waals surface area contributed by atoms with Crippen LogP contribution in [-0.4, -0.2) is 16.9 Å².